The standard InChI is InChI=1S/C32H22N4O/c1-37-28-14-6-13-27-31(28)35-32(23-8-3-2-4-9-23)36(27)25-12-5-10-24(20-25)26-18-17-22-16-15-21-11-7-19-33-29(21)30(22)34-26/h2-20H,1H3. The van der Waals surface area contributed by atoms with E-state index < -0.39 is 0 Å². The van der Waals surface area contributed by atoms with Gasteiger partial charge < -0.3 is 4.74 Å². The molecule has 0 amide bonds. The Kier molecular flexibility index (Phi) is 4.93. The van der Waals surface area contributed by atoms with Crippen LogP contribution in [0.15, 0.2) is 115 Å². The Morgan fingerprint density at radius 2 is 1.41 bits per heavy atom. The van der Waals surface area contributed by atoms with Crippen LogP contribution in [0.25, 0.3) is 61.2 Å². The van der Waals surface area contributed by atoms with Gasteiger partial charge >= 0.3 is 0 Å². The number of fused-ring (bicyclic) bond motifs is 4. The SMILES string of the molecule is COc1cccc2c1nc(-c1ccccc1)n2-c1cccc(-c2ccc3ccc4cccnc4c3n2)c1. The Hall–Kier alpha value is -5.03. The van der Waals surface area contributed by atoms with Crippen molar-refractivity contribution in [2.24, 2.45) is 0 Å². The van der Waals surface area contributed by atoms with Crippen LogP contribution in [0.2, 0.25) is 0 Å². The minimum absolute atomic E-state index is 0.750. The average molecular weight is 479 g/mol. The lowest BCUT2D eigenvalue weighted by molar-refractivity contribution is 0.419. The van der Waals surface area contributed by atoms with E-state index in [9.17, 15) is 0 Å². The van der Waals surface area contributed by atoms with Gasteiger partial charge in [0.2, 0.25) is 0 Å². The molecule has 0 unspecified atom stereocenters. The highest BCUT2D eigenvalue weighted by atomic mass is 16.5. The van der Waals surface area contributed by atoms with Gasteiger partial charge in [-0.25, -0.2) is 9.97 Å². The summed E-state index contributed by atoms with van der Waals surface area (Å²) in [7, 11) is 1.68. The van der Waals surface area contributed by atoms with Gasteiger partial charge in [-0.3, -0.25) is 9.55 Å². The minimum Gasteiger partial charge on any atom is -0.494 e. The number of nitrogens with zero attached hydrogens (tertiary/aromatic N) is 4. The Bertz CT molecular complexity index is 1930. The lowest BCUT2D eigenvalue weighted by Crippen LogP contribution is -1.98. The number of pyridine rings is 2. The lowest BCUT2D eigenvalue weighted by atomic mass is 10.1. The van der Waals surface area contributed by atoms with Crippen LogP contribution in [0.3, 0.4) is 0 Å². The number of hydrogen-bond acceptors (Lipinski definition) is 4. The second-order valence-corrected chi connectivity index (χ2v) is 8.92. The van der Waals surface area contributed by atoms with Crippen molar-refractivity contribution in [2.75, 3.05) is 7.11 Å². The summed E-state index contributed by atoms with van der Waals surface area (Å²) in [4.78, 5) is 14.7. The highest BCUT2D eigenvalue weighted by molar-refractivity contribution is 6.03. The molecule has 7 rings (SSSR count). The van der Waals surface area contributed by atoms with Crippen LogP contribution in [0.4, 0.5) is 0 Å². The van der Waals surface area contributed by atoms with Gasteiger partial charge in [-0.05, 0) is 36.4 Å². The molecule has 0 bridgehead atoms. The Balaban J connectivity index is 1.44. The third kappa shape index (κ3) is 3.52. The van der Waals surface area contributed by atoms with Gasteiger partial charge in [-0.2, -0.15) is 0 Å². The zero-order chi connectivity index (χ0) is 24.8. The number of aromatic nitrogens is 4. The van der Waals surface area contributed by atoms with Crippen LogP contribution in [-0.4, -0.2) is 26.6 Å². The van der Waals surface area contributed by atoms with E-state index in [1.54, 1.807) is 7.11 Å². The molecule has 0 saturated carbocycles. The molecular formula is C32H22N4O. The zero-order valence-corrected chi connectivity index (χ0v) is 20.2. The molecule has 176 valence electrons. The zero-order valence-electron chi connectivity index (χ0n) is 20.2. The van der Waals surface area contributed by atoms with Gasteiger partial charge in [0.05, 0.1) is 29.4 Å². The summed E-state index contributed by atoms with van der Waals surface area (Å²) in [6, 6.07) is 37.1. The molecule has 0 aliphatic heterocycles. The fraction of sp³-hybridized carbons (Fsp3) is 0.0312. The monoisotopic (exact) mass is 478 g/mol. The maximum Gasteiger partial charge on any atom is 0.146 e. The second kappa shape index (κ2) is 8.57. The van der Waals surface area contributed by atoms with E-state index in [2.05, 4.69) is 82.3 Å². The van der Waals surface area contributed by atoms with Crippen molar-refractivity contribution in [2.45, 2.75) is 0 Å². The molecule has 3 heterocycles. The Morgan fingerprint density at radius 3 is 2.27 bits per heavy atom. The molecule has 3 aromatic heterocycles. The minimum atomic E-state index is 0.750. The Morgan fingerprint density at radius 1 is 0.622 bits per heavy atom. The number of para-hydroxylation sites is 1. The first kappa shape index (κ1) is 21.3. The predicted octanol–water partition coefficient (Wildman–Crippen LogP) is 7.46. The predicted molar refractivity (Wildman–Crippen MR) is 149 cm³/mol. The molecule has 0 aliphatic carbocycles. The van der Waals surface area contributed by atoms with Crippen LogP contribution in [-0.2, 0) is 0 Å². The topological polar surface area (TPSA) is 52.8 Å². The fourth-order valence-electron chi connectivity index (χ4n) is 4.97. The first-order valence-corrected chi connectivity index (χ1v) is 12.2. The summed E-state index contributed by atoms with van der Waals surface area (Å²) < 4.78 is 7.83. The van der Waals surface area contributed by atoms with E-state index in [0.717, 1.165) is 66.9 Å². The van der Waals surface area contributed by atoms with Crippen LogP contribution in [0.1, 0.15) is 0 Å². The fourth-order valence-corrected chi connectivity index (χ4v) is 4.97. The summed E-state index contributed by atoms with van der Waals surface area (Å²) in [6.45, 7) is 0. The van der Waals surface area contributed by atoms with Crippen molar-refractivity contribution in [1.29, 1.82) is 0 Å². The summed E-state index contributed by atoms with van der Waals surface area (Å²) in [6.07, 6.45) is 1.82. The molecule has 0 aliphatic rings. The third-order valence-corrected chi connectivity index (χ3v) is 6.73. The van der Waals surface area contributed by atoms with E-state index in [-0.39, 0.29) is 0 Å². The van der Waals surface area contributed by atoms with Crippen molar-refractivity contribution >= 4 is 32.8 Å². The molecule has 0 atom stereocenters. The summed E-state index contributed by atoms with van der Waals surface area (Å²) in [5.41, 5.74) is 7.60. The number of methoxy groups -OCH3 is 1. The first-order valence-electron chi connectivity index (χ1n) is 12.2. The van der Waals surface area contributed by atoms with Crippen molar-refractivity contribution < 1.29 is 4.74 Å². The maximum absolute atomic E-state index is 5.64. The van der Waals surface area contributed by atoms with E-state index >= 15 is 0 Å². The number of rotatable bonds is 4. The molecular weight excluding hydrogens is 456 g/mol. The highest BCUT2D eigenvalue weighted by Crippen LogP contribution is 2.34. The smallest absolute Gasteiger partial charge is 0.146 e. The van der Waals surface area contributed by atoms with E-state index in [1.807, 2.05) is 42.6 Å². The molecule has 5 heteroatoms. The first-order chi connectivity index (χ1) is 18.3. The van der Waals surface area contributed by atoms with Gasteiger partial charge in [-0.1, -0.05) is 72.8 Å². The Labute approximate surface area is 213 Å². The summed E-state index contributed by atoms with van der Waals surface area (Å²) in [5, 5.41) is 2.16. The van der Waals surface area contributed by atoms with E-state index in [4.69, 9.17) is 14.7 Å². The normalized spacial score (nSPS) is 11.4. The lowest BCUT2D eigenvalue weighted by Gasteiger charge is -2.12. The van der Waals surface area contributed by atoms with Crippen LogP contribution < -0.4 is 4.74 Å². The number of benzene rings is 4. The van der Waals surface area contributed by atoms with E-state index in [0.29, 0.717) is 0 Å². The van der Waals surface area contributed by atoms with Gasteiger partial charge in [0.15, 0.2) is 0 Å². The third-order valence-electron chi connectivity index (χ3n) is 6.73. The highest BCUT2D eigenvalue weighted by Gasteiger charge is 2.17. The van der Waals surface area contributed by atoms with Gasteiger partial charge in [0.1, 0.15) is 17.1 Å². The van der Waals surface area contributed by atoms with Crippen molar-refractivity contribution in [3.8, 4) is 34.1 Å². The average Bonchev–Trinajstić information content (AvgIpc) is 3.37. The number of hydrogen-bond donors (Lipinski definition) is 0. The van der Waals surface area contributed by atoms with E-state index in [1.165, 1.54) is 0 Å². The maximum atomic E-state index is 5.64. The van der Waals surface area contributed by atoms with Crippen LogP contribution >= 0.6 is 0 Å². The molecule has 0 fully saturated rings. The molecule has 7 aromatic rings. The quantitative estimate of drug-likeness (QED) is 0.246. The van der Waals surface area contributed by atoms with Crippen molar-refractivity contribution in [1.82, 2.24) is 19.5 Å². The summed E-state index contributed by atoms with van der Waals surface area (Å²) in [5.74, 6) is 1.61. The van der Waals surface area contributed by atoms with Gasteiger partial charge in [0.25, 0.3) is 0 Å². The molecule has 0 N–H and O–H groups in total. The second-order valence-electron chi connectivity index (χ2n) is 8.92. The van der Waals surface area contributed by atoms with Crippen LogP contribution in [0.5, 0.6) is 5.75 Å². The van der Waals surface area contributed by atoms with Crippen molar-refractivity contribution in [3.63, 3.8) is 0 Å². The molecule has 37 heavy (non-hydrogen) atoms. The van der Waals surface area contributed by atoms with Crippen molar-refractivity contribution in [3.05, 3.63) is 115 Å². The number of imidazole rings is 1. The summed E-state index contributed by atoms with van der Waals surface area (Å²) >= 11 is 0. The number of ether oxygens (including phenoxy) is 1. The molecule has 0 saturated heterocycles. The molecule has 5 nitrogen and oxygen atoms in total. The largest absolute Gasteiger partial charge is 0.494 e. The van der Waals surface area contributed by atoms with Crippen LogP contribution in [0, 0.1) is 0 Å². The molecule has 0 radical (unpaired) electrons. The molecule has 0 spiro atoms. The molecule has 4 aromatic carbocycles. The van der Waals surface area contributed by atoms with Gasteiger partial charge in [0, 0.05) is 33.8 Å². The van der Waals surface area contributed by atoms with Gasteiger partial charge in [-0.15, -0.1) is 0 Å².